The van der Waals surface area contributed by atoms with E-state index in [-0.39, 0.29) is 6.04 Å². The van der Waals surface area contributed by atoms with E-state index in [0.29, 0.717) is 19.6 Å². The number of ether oxygens (including phenoxy) is 1. The van der Waals surface area contributed by atoms with E-state index in [9.17, 15) is 5.11 Å². The lowest BCUT2D eigenvalue weighted by Crippen LogP contribution is -2.62. The summed E-state index contributed by atoms with van der Waals surface area (Å²) in [4.78, 5) is 13.4. The zero-order valence-electron chi connectivity index (χ0n) is 15.2. The number of aryl methyl sites for hydroxylation is 1. The van der Waals surface area contributed by atoms with Gasteiger partial charge >= 0.3 is 0 Å². The van der Waals surface area contributed by atoms with Crippen LogP contribution in [0.2, 0.25) is 0 Å². The molecular weight excluding hydrogens is 328 g/mol. The minimum atomic E-state index is -0.864. The fourth-order valence-electron chi connectivity index (χ4n) is 4.12. The molecule has 0 spiro atoms. The normalized spacial score (nSPS) is 27.5. The van der Waals surface area contributed by atoms with E-state index in [1.54, 1.807) is 6.20 Å². The van der Waals surface area contributed by atoms with Crippen LogP contribution in [0, 0.1) is 6.92 Å². The number of benzene rings is 1. The zero-order valence-corrected chi connectivity index (χ0v) is 15.2. The van der Waals surface area contributed by atoms with E-state index in [2.05, 4.69) is 19.8 Å². The molecule has 2 aromatic rings. The van der Waals surface area contributed by atoms with Crippen LogP contribution in [0.4, 0.5) is 5.82 Å². The smallest absolute Gasteiger partial charge is 0.132 e. The number of aliphatic hydroxyl groups is 1. The van der Waals surface area contributed by atoms with Crippen molar-refractivity contribution in [3.63, 3.8) is 0 Å². The molecule has 1 N–H and O–H groups in total. The van der Waals surface area contributed by atoms with Crippen LogP contribution in [0.25, 0.3) is 0 Å². The van der Waals surface area contributed by atoms with Gasteiger partial charge < -0.3 is 14.7 Å². The highest BCUT2D eigenvalue weighted by Crippen LogP contribution is 2.37. The van der Waals surface area contributed by atoms with E-state index in [4.69, 9.17) is 4.74 Å². The minimum Gasteiger partial charge on any atom is -0.383 e. The summed E-state index contributed by atoms with van der Waals surface area (Å²) in [5.74, 6) is 1.71. The Morgan fingerprint density at radius 3 is 2.62 bits per heavy atom. The maximum absolute atomic E-state index is 11.7. The molecule has 0 unspecified atom stereocenters. The second-order valence-electron chi connectivity index (χ2n) is 7.11. The molecule has 2 atom stereocenters. The van der Waals surface area contributed by atoms with E-state index in [1.165, 1.54) is 0 Å². The number of aromatic nitrogens is 2. The Balaban J connectivity index is 1.65. The number of anilines is 1. The first-order valence-electron chi connectivity index (χ1n) is 9.31. The number of hydrogen-bond acceptors (Lipinski definition) is 6. The minimum absolute atomic E-state index is 0.00202. The van der Waals surface area contributed by atoms with Crippen molar-refractivity contribution in [3.05, 3.63) is 54.0 Å². The molecule has 2 aliphatic rings. The van der Waals surface area contributed by atoms with Crippen LogP contribution in [0.15, 0.2) is 42.6 Å². The topological polar surface area (TPSA) is 61.7 Å². The lowest BCUT2D eigenvalue weighted by molar-refractivity contribution is -0.0911. The Kier molecular flexibility index (Phi) is 4.89. The Morgan fingerprint density at radius 1 is 1.12 bits per heavy atom. The van der Waals surface area contributed by atoms with E-state index >= 15 is 0 Å². The predicted molar refractivity (Wildman–Crippen MR) is 100 cm³/mol. The third kappa shape index (κ3) is 3.32. The fraction of sp³-hybridized carbons (Fsp3) is 0.500. The summed E-state index contributed by atoms with van der Waals surface area (Å²) in [7, 11) is 0. The Morgan fingerprint density at radius 2 is 1.88 bits per heavy atom. The monoisotopic (exact) mass is 354 g/mol. The average Bonchev–Trinajstić information content (AvgIpc) is 2.70. The molecule has 6 nitrogen and oxygen atoms in total. The van der Waals surface area contributed by atoms with Gasteiger partial charge in [0.25, 0.3) is 0 Å². The average molecular weight is 354 g/mol. The van der Waals surface area contributed by atoms with E-state index in [0.717, 1.165) is 43.4 Å². The maximum Gasteiger partial charge on any atom is 0.132 e. The third-order valence-electron chi connectivity index (χ3n) is 5.55. The van der Waals surface area contributed by atoms with Crippen molar-refractivity contribution >= 4 is 5.82 Å². The second-order valence-corrected chi connectivity index (χ2v) is 7.11. The van der Waals surface area contributed by atoms with Gasteiger partial charge in [-0.25, -0.2) is 9.97 Å². The molecular formula is C20H26N4O2. The first kappa shape index (κ1) is 17.4. The summed E-state index contributed by atoms with van der Waals surface area (Å²) in [6, 6.07) is 12.0. The molecule has 1 aromatic carbocycles. The molecule has 138 valence electrons. The molecule has 2 aliphatic heterocycles. The van der Waals surface area contributed by atoms with Crippen LogP contribution in [-0.2, 0) is 10.3 Å². The molecule has 0 saturated carbocycles. The lowest BCUT2D eigenvalue weighted by Gasteiger charge is -2.50. The number of rotatable bonds is 3. The molecule has 0 amide bonds. The molecule has 0 bridgehead atoms. The van der Waals surface area contributed by atoms with Gasteiger partial charge in [0.2, 0.25) is 0 Å². The summed E-state index contributed by atoms with van der Waals surface area (Å²) in [6.45, 7) is 6.53. The van der Waals surface area contributed by atoms with Crippen LogP contribution in [0.1, 0.15) is 17.8 Å². The Labute approximate surface area is 154 Å². The molecule has 6 heteroatoms. The van der Waals surface area contributed by atoms with E-state index in [1.807, 2.05) is 43.3 Å². The summed E-state index contributed by atoms with van der Waals surface area (Å²) in [5.41, 5.74) is 0.131. The Hall–Kier alpha value is -2.02. The SMILES string of the molecule is Cc1nccc(N2CC[C@](O)(c3ccccc3)[C@H](N3CCOCC3)C2)n1. The maximum atomic E-state index is 11.7. The third-order valence-corrected chi connectivity index (χ3v) is 5.55. The van der Waals surface area contributed by atoms with Crippen molar-refractivity contribution < 1.29 is 9.84 Å². The van der Waals surface area contributed by atoms with Crippen molar-refractivity contribution in [1.82, 2.24) is 14.9 Å². The molecule has 1 aromatic heterocycles. The fourth-order valence-corrected chi connectivity index (χ4v) is 4.12. The molecule has 2 fully saturated rings. The van der Waals surface area contributed by atoms with Crippen molar-refractivity contribution in [2.75, 3.05) is 44.3 Å². The van der Waals surface area contributed by atoms with Crippen LogP contribution >= 0.6 is 0 Å². The largest absolute Gasteiger partial charge is 0.383 e. The van der Waals surface area contributed by atoms with Gasteiger partial charge in [0.15, 0.2) is 0 Å². The standard InChI is InChI=1S/C20H26N4O2/c1-16-21-9-7-19(22-16)24-10-8-20(25,17-5-3-2-4-6-17)18(15-24)23-11-13-26-14-12-23/h2-7,9,18,25H,8,10-15H2,1H3/t18-,20+/m1/s1. The molecule has 2 saturated heterocycles. The van der Waals surface area contributed by atoms with Crippen LogP contribution in [0.3, 0.4) is 0 Å². The molecule has 0 aliphatic carbocycles. The molecule has 26 heavy (non-hydrogen) atoms. The highest BCUT2D eigenvalue weighted by Gasteiger charge is 2.46. The van der Waals surface area contributed by atoms with Gasteiger partial charge in [-0.05, 0) is 25.0 Å². The van der Waals surface area contributed by atoms with Crippen molar-refractivity contribution in [2.24, 2.45) is 0 Å². The van der Waals surface area contributed by atoms with Gasteiger partial charge in [0.05, 0.1) is 19.3 Å². The Bertz CT molecular complexity index is 736. The highest BCUT2D eigenvalue weighted by atomic mass is 16.5. The first-order valence-corrected chi connectivity index (χ1v) is 9.31. The van der Waals surface area contributed by atoms with Gasteiger partial charge in [-0.1, -0.05) is 30.3 Å². The quantitative estimate of drug-likeness (QED) is 0.903. The van der Waals surface area contributed by atoms with E-state index < -0.39 is 5.60 Å². The second kappa shape index (κ2) is 7.31. The highest BCUT2D eigenvalue weighted by molar-refractivity contribution is 5.40. The van der Waals surface area contributed by atoms with Gasteiger partial charge in [0.1, 0.15) is 17.2 Å². The lowest BCUT2D eigenvalue weighted by atomic mass is 9.79. The summed E-state index contributed by atoms with van der Waals surface area (Å²) >= 11 is 0. The molecule has 4 rings (SSSR count). The van der Waals surface area contributed by atoms with Gasteiger partial charge in [-0.15, -0.1) is 0 Å². The molecule has 3 heterocycles. The number of hydrogen-bond donors (Lipinski definition) is 1. The van der Waals surface area contributed by atoms with Gasteiger partial charge in [-0.3, -0.25) is 4.90 Å². The summed E-state index contributed by atoms with van der Waals surface area (Å²) in [5, 5.41) is 11.7. The summed E-state index contributed by atoms with van der Waals surface area (Å²) < 4.78 is 5.53. The van der Waals surface area contributed by atoms with Crippen LogP contribution in [-0.4, -0.2) is 65.4 Å². The van der Waals surface area contributed by atoms with Crippen molar-refractivity contribution in [3.8, 4) is 0 Å². The van der Waals surface area contributed by atoms with Crippen LogP contribution < -0.4 is 4.90 Å². The van der Waals surface area contributed by atoms with Gasteiger partial charge in [-0.2, -0.15) is 0 Å². The first-order chi connectivity index (χ1) is 12.7. The van der Waals surface area contributed by atoms with Gasteiger partial charge in [0, 0.05) is 32.4 Å². The number of nitrogens with zero attached hydrogens (tertiary/aromatic N) is 4. The predicted octanol–water partition coefficient (Wildman–Crippen LogP) is 1.58. The molecule has 0 radical (unpaired) electrons. The number of piperidine rings is 1. The van der Waals surface area contributed by atoms with Crippen molar-refractivity contribution in [1.29, 1.82) is 0 Å². The zero-order chi connectivity index (χ0) is 18.0. The number of morpholine rings is 1. The van der Waals surface area contributed by atoms with Crippen LogP contribution in [0.5, 0.6) is 0 Å². The summed E-state index contributed by atoms with van der Waals surface area (Å²) in [6.07, 6.45) is 2.47. The van der Waals surface area contributed by atoms with Crippen molar-refractivity contribution in [2.45, 2.75) is 25.0 Å².